The van der Waals surface area contributed by atoms with Crippen molar-refractivity contribution in [3.05, 3.63) is 23.8 Å². The fourth-order valence-corrected chi connectivity index (χ4v) is 2.87. The van der Waals surface area contributed by atoms with Crippen molar-refractivity contribution in [3.63, 3.8) is 0 Å². The Morgan fingerprint density at radius 3 is 2.63 bits per heavy atom. The molecule has 1 aromatic rings. The maximum Gasteiger partial charge on any atom is 0.0603 e. The normalized spacial score (nSPS) is 17.4. The Kier molecular flexibility index (Phi) is 4.35. The molecular formula is C16H26N2O. The predicted molar refractivity (Wildman–Crippen MR) is 81.4 cm³/mol. The third-order valence-electron chi connectivity index (χ3n) is 4.35. The van der Waals surface area contributed by atoms with E-state index in [9.17, 15) is 0 Å². The first kappa shape index (κ1) is 14.2. The Morgan fingerprint density at radius 2 is 2.00 bits per heavy atom. The van der Waals surface area contributed by atoms with Crippen LogP contribution in [-0.2, 0) is 4.74 Å². The first-order valence-corrected chi connectivity index (χ1v) is 7.17. The van der Waals surface area contributed by atoms with E-state index in [1.807, 2.05) is 12.1 Å². The lowest BCUT2D eigenvalue weighted by Crippen LogP contribution is -2.35. The summed E-state index contributed by atoms with van der Waals surface area (Å²) in [5.74, 6) is 0.721. The predicted octanol–water partition coefficient (Wildman–Crippen LogP) is 3.44. The van der Waals surface area contributed by atoms with Crippen LogP contribution in [0.2, 0.25) is 0 Å². The Morgan fingerprint density at radius 1 is 1.32 bits per heavy atom. The Hall–Kier alpha value is -1.22. The minimum absolute atomic E-state index is 0.262. The van der Waals surface area contributed by atoms with Crippen LogP contribution in [0.4, 0.5) is 11.4 Å². The molecule has 0 amide bonds. The Balaban J connectivity index is 2.00. The molecule has 1 aliphatic heterocycles. The number of anilines is 2. The van der Waals surface area contributed by atoms with Gasteiger partial charge in [-0.05, 0) is 42.7 Å². The van der Waals surface area contributed by atoms with Crippen molar-refractivity contribution in [2.75, 3.05) is 30.8 Å². The summed E-state index contributed by atoms with van der Waals surface area (Å²) in [6, 6.07) is 6.05. The van der Waals surface area contributed by atoms with Crippen molar-refractivity contribution in [1.29, 1.82) is 0 Å². The molecule has 1 saturated heterocycles. The number of nitrogen functional groups attached to an aromatic ring is 1. The molecule has 0 atom stereocenters. The highest BCUT2D eigenvalue weighted by Crippen LogP contribution is 2.35. The van der Waals surface area contributed by atoms with Crippen LogP contribution in [0.5, 0.6) is 0 Å². The number of benzene rings is 1. The number of ether oxygens (including phenoxy) is 1. The van der Waals surface area contributed by atoms with Crippen LogP contribution in [0, 0.1) is 18.3 Å². The van der Waals surface area contributed by atoms with Gasteiger partial charge < -0.3 is 15.8 Å². The summed E-state index contributed by atoms with van der Waals surface area (Å²) >= 11 is 0. The fraction of sp³-hybridized carbons (Fsp3) is 0.625. The number of hydrogen-bond acceptors (Lipinski definition) is 3. The molecule has 19 heavy (non-hydrogen) atoms. The van der Waals surface area contributed by atoms with Gasteiger partial charge in [0.2, 0.25) is 0 Å². The van der Waals surface area contributed by atoms with Crippen LogP contribution >= 0.6 is 0 Å². The van der Waals surface area contributed by atoms with Gasteiger partial charge in [-0.3, -0.25) is 0 Å². The van der Waals surface area contributed by atoms with Crippen LogP contribution < -0.4 is 11.1 Å². The zero-order valence-corrected chi connectivity index (χ0v) is 12.3. The number of nitrogens with one attached hydrogen (secondary N) is 1. The second kappa shape index (κ2) is 5.83. The van der Waals surface area contributed by atoms with Gasteiger partial charge in [0.15, 0.2) is 0 Å². The molecule has 2 rings (SSSR count). The summed E-state index contributed by atoms with van der Waals surface area (Å²) in [4.78, 5) is 0. The largest absolute Gasteiger partial charge is 0.397 e. The van der Waals surface area contributed by atoms with Crippen molar-refractivity contribution >= 4 is 11.4 Å². The lowest BCUT2D eigenvalue weighted by Gasteiger charge is -2.37. The smallest absolute Gasteiger partial charge is 0.0603 e. The Bertz CT molecular complexity index is 403. The molecule has 106 valence electrons. The third-order valence-corrected chi connectivity index (χ3v) is 4.35. The van der Waals surface area contributed by atoms with Gasteiger partial charge in [-0.2, -0.15) is 0 Å². The molecule has 1 fully saturated rings. The van der Waals surface area contributed by atoms with Gasteiger partial charge in [-0.15, -0.1) is 0 Å². The van der Waals surface area contributed by atoms with Crippen LogP contribution in [0.3, 0.4) is 0 Å². The van der Waals surface area contributed by atoms with Crippen molar-refractivity contribution < 1.29 is 4.74 Å². The number of para-hydroxylation sites is 1. The van der Waals surface area contributed by atoms with E-state index in [2.05, 4.69) is 32.2 Å². The standard InChI is InChI=1S/C16H26N2O/c1-12-5-4-6-14(17)15(12)18-11-16(2,3)13-7-9-19-10-8-13/h4-6,13,18H,7-11,17H2,1-3H3. The van der Waals surface area contributed by atoms with Crippen LogP contribution in [-0.4, -0.2) is 19.8 Å². The number of aryl methyl sites for hydroxylation is 1. The molecule has 1 aromatic carbocycles. The molecule has 0 spiro atoms. The van der Waals surface area contributed by atoms with E-state index in [1.165, 1.54) is 5.56 Å². The van der Waals surface area contributed by atoms with Crippen LogP contribution in [0.1, 0.15) is 32.3 Å². The number of nitrogens with two attached hydrogens (primary N) is 1. The van der Waals surface area contributed by atoms with Crippen LogP contribution in [0.15, 0.2) is 18.2 Å². The molecule has 0 radical (unpaired) electrons. The maximum absolute atomic E-state index is 6.05. The van der Waals surface area contributed by atoms with Gasteiger partial charge >= 0.3 is 0 Å². The Labute approximate surface area is 116 Å². The van der Waals surface area contributed by atoms with E-state index in [0.717, 1.165) is 49.9 Å². The quantitative estimate of drug-likeness (QED) is 0.817. The molecule has 3 nitrogen and oxygen atoms in total. The highest BCUT2D eigenvalue weighted by atomic mass is 16.5. The van der Waals surface area contributed by atoms with E-state index in [4.69, 9.17) is 10.5 Å². The van der Waals surface area contributed by atoms with E-state index in [0.29, 0.717) is 0 Å². The first-order valence-electron chi connectivity index (χ1n) is 7.17. The van der Waals surface area contributed by atoms with Crippen molar-refractivity contribution in [2.24, 2.45) is 11.3 Å². The van der Waals surface area contributed by atoms with E-state index in [-0.39, 0.29) is 5.41 Å². The van der Waals surface area contributed by atoms with E-state index in [1.54, 1.807) is 0 Å². The zero-order valence-electron chi connectivity index (χ0n) is 12.3. The monoisotopic (exact) mass is 262 g/mol. The second-order valence-corrected chi connectivity index (χ2v) is 6.27. The topological polar surface area (TPSA) is 47.3 Å². The third kappa shape index (κ3) is 3.41. The summed E-state index contributed by atoms with van der Waals surface area (Å²) in [5, 5.41) is 3.55. The van der Waals surface area contributed by atoms with E-state index >= 15 is 0 Å². The molecular weight excluding hydrogens is 236 g/mol. The van der Waals surface area contributed by atoms with Gasteiger partial charge in [0.1, 0.15) is 0 Å². The molecule has 0 unspecified atom stereocenters. The summed E-state index contributed by atoms with van der Waals surface area (Å²) in [7, 11) is 0. The van der Waals surface area contributed by atoms with Gasteiger partial charge in [-0.1, -0.05) is 26.0 Å². The van der Waals surface area contributed by atoms with Crippen LogP contribution in [0.25, 0.3) is 0 Å². The zero-order chi connectivity index (χ0) is 13.9. The molecule has 3 N–H and O–H groups in total. The lowest BCUT2D eigenvalue weighted by molar-refractivity contribution is 0.0268. The number of rotatable bonds is 4. The number of hydrogen-bond donors (Lipinski definition) is 2. The second-order valence-electron chi connectivity index (χ2n) is 6.27. The minimum Gasteiger partial charge on any atom is -0.397 e. The fourth-order valence-electron chi connectivity index (χ4n) is 2.87. The summed E-state index contributed by atoms with van der Waals surface area (Å²) in [6.07, 6.45) is 2.33. The van der Waals surface area contributed by atoms with Gasteiger partial charge in [-0.25, -0.2) is 0 Å². The molecule has 1 heterocycles. The van der Waals surface area contributed by atoms with Crippen molar-refractivity contribution in [1.82, 2.24) is 0 Å². The summed E-state index contributed by atoms with van der Waals surface area (Å²) in [5.41, 5.74) is 9.44. The molecule has 0 aliphatic carbocycles. The van der Waals surface area contributed by atoms with Gasteiger partial charge in [0.25, 0.3) is 0 Å². The lowest BCUT2D eigenvalue weighted by atomic mass is 9.74. The average molecular weight is 262 g/mol. The van der Waals surface area contributed by atoms with Crippen molar-refractivity contribution in [3.8, 4) is 0 Å². The van der Waals surface area contributed by atoms with Gasteiger partial charge in [0.05, 0.1) is 11.4 Å². The molecule has 3 heteroatoms. The van der Waals surface area contributed by atoms with Gasteiger partial charge in [0, 0.05) is 19.8 Å². The minimum atomic E-state index is 0.262. The van der Waals surface area contributed by atoms with Crippen molar-refractivity contribution in [2.45, 2.75) is 33.6 Å². The highest BCUT2D eigenvalue weighted by Gasteiger charge is 2.30. The molecule has 1 aliphatic rings. The SMILES string of the molecule is Cc1cccc(N)c1NCC(C)(C)C1CCOCC1. The highest BCUT2D eigenvalue weighted by molar-refractivity contribution is 5.69. The average Bonchev–Trinajstić information content (AvgIpc) is 2.39. The molecule has 0 bridgehead atoms. The molecule has 0 saturated carbocycles. The molecule has 0 aromatic heterocycles. The first-order chi connectivity index (χ1) is 9.00. The maximum atomic E-state index is 6.05. The van der Waals surface area contributed by atoms with E-state index < -0.39 is 0 Å². The summed E-state index contributed by atoms with van der Waals surface area (Å²) < 4.78 is 5.46. The summed E-state index contributed by atoms with van der Waals surface area (Å²) in [6.45, 7) is 9.53.